The van der Waals surface area contributed by atoms with E-state index in [1.54, 1.807) is 21.0 Å². The van der Waals surface area contributed by atoms with E-state index >= 15 is 0 Å². The molecule has 0 bridgehead atoms. The minimum Gasteiger partial charge on any atom is -0.497 e. The van der Waals surface area contributed by atoms with Crippen LogP contribution in [0, 0.1) is 0 Å². The zero-order valence-corrected chi connectivity index (χ0v) is 10.7. The Kier molecular flexibility index (Phi) is 4.76. The van der Waals surface area contributed by atoms with Gasteiger partial charge in [0.25, 0.3) is 0 Å². The Morgan fingerprint density at radius 1 is 1.29 bits per heavy atom. The van der Waals surface area contributed by atoms with Crippen LogP contribution in [0.25, 0.3) is 5.57 Å². The number of ether oxygens (including phenoxy) is 2. The van der Waals surface area contributed by atoms with Crippen LogP contribution in [0.4, 0.5) is 0 Å². The van der Waals surface area contributed by atoms with Gasteiger partial charge in [-0.1, -0.05) is 12.1 Å². The number of hydrogen-bond donors (Lipinski definition) is 0. The first-order chi connectivity index (χ1) is 8.10. The molecule has 0 fully saturated rings. The number of hydrogen-bond acceptors (Lipinski definition) is 3. The van der Waals surface area contributed by atoms with Gasteiger partial charge in [0, 0.05) is 5.57 Å². The zero-order chi connectivity index (χ0) is 12.8. The van der Waals surface area contributed by atoms with Gasteiger partial charge in [-0.15, -0.1) is 0 Å². The molecule has 3 nitrogen and oxygen atoms in total. The third kappa shape index (κ3) is 3.34. The SMILES string of the molecule is CCOC(=O)/C(C)=C(/C)c1cccc(OC)c1. The smallest absolute Gasteiger partial charge is 0.333 e. The van der Waals surface area contributed by atoms with Gasteiger partial charge in [0.1, 0.15) is 5.75 Å². The van der Waals surface area contributed by atoms with Crippen LogP contribution in [-0.4, -0.2) is 19.7 Å². The quantitative estimate of drug-likeness (QED) is 0.593. The summed E-state index contributed by atoms with van der Waals surface area (Å²) >= 11 is 0. The molecule has 0 unspecified atom stereocenters. The molecule has 1 rings (SSSR count). The molecular formula is C14H18O3. The molecular weight excluding hydrogens is 216 g/mol. The number of benzene rings is 1. The molecule has 1 aromatic carbocycles. The van der Waals surface area contributed by atoms with E-state index in [-0.39, 0.29) is 5.97 Å². The van der Waals surface area contributed by atoms with Crippen molar-refractivity contribution in [1.29, 1.82) is 0 Å². The summed E-state index contributed by atoms with van der Waals surface area (Å²) < 4.78 is 10.1. The predicted octanol–water partition coefficient (Wildman–Crippen LogP) is 3.05. The van der Waals surface area contributed by atoms with Crippen molar-refractivity contribution in [3.63, 3.8) is 0 Å². The first-order valence-electron chi connectivity index (χ1n) is 5.59. The molecule has 92 valence electrons. The zero-order valence-electron chi connectivity index (χ0n) is 10.7. The largest absolute Gasteiger partial charge is 0.497 e. The Balaban J connectivity index is 3.04. The van der Waals surface area contributed by atoms with E-state index in [0.29, 0.717) is 12.2 Å². The first-order valence-corrected chi connectivity index (χ1v) is 5.59. The highest BCUT2D eigenvalue weighted by molar-refractivity contribution is 5.96. The number of allylic oxidation sites excluding steroid dienone is 1. The van der Waals surface area contributed by atoms with Crippen molar-refractivity contribution >= 4 is 11.5 Å². The number of esters is 1. The molecule has 0 spiro atoms. The van der Waals surface area contributed by atoms with Gasteiger partial charge in [-0.25, -0.2) is 4.79 Å². The molecule has 0 N–H and O–H groups in total. The Bertz CT molecular complexity index is 433. The summed E-state index contributed by atoms with van der Waals surface area (Å²) in [6, 6.07) is 7.62. The van der Waals surface area contributed by atoms with Gasteiger partial charge in [-0.2, -0.15) is 0 Å². The average Bonchev–Trinajstić information content (AvgIpc) is 2.37. The maximum atomic E-state index is 11.6. The summed E-state index contributed by atoms with van der Waals surface area (Å²) in [5.41, 5.74) is 2.50. The van der Waals surface area contributed by atoms with Gasteiger partial charge in [-0.3, -0.25) is 0 Å². The van der Waals surface area contributed by atoms with Crippen LogP contribution in [0.2, 0.25) is 0 Å². The van der Waals surface area contributed by atoms with Crippen LogP contribution in [0.15, 0.2) is 29.8 Å². The molecule has 0 amide bonds. The second-order valence-electron chi connectivity index (χ2n) is 3.70. The minimum absolute atomic E-state index is 0.271. The van der Waals surface area contributed by atoms with E-state index in [9.17, 15) is 4.79 Å². The standard InChI is InChI=1S/C14H18O3/c1-5-17-14(15)11(3)10(2)12-7-6-8-13(9-12)16-4/h6-9H,5H2,1-4H3/b11-10-. The predicted molar refractivity (Wildman–Crippen MR) is 67.9 cm³/mol. The van der Waals surface area contributed by atoms with E-state index in [0.717, 1.165) is 16.9 Å². The Morgan fingerprint density at radius 3 is 2.59 bits per heavy atom. The fourth-order valence-electron chi connectivity index (χ4n) is 1.47. The number of rotatable bonds is 4. The summed E-state index contributed by atoms with van der Waals surface area (Å²) in [5.74, 6) is 0.506. The van der Waals surface area contributed by atoms with Crippen LogP contribution in [0.1, 0.15) is 26.3 Å². The number of carbonyl (C=O) groups excluding carboxylic acids is 1. The van der Waals surface area contributed by atoms with Gasteiger partial charge in [0.05, 0.1) is 13.7 Å². The summed E-state index contributed by atoms with van der Waals surface area (Å²) in [5, 5.41) is 0. The molecule has 0 aliphatic carbocycles. The number of carbonyl (C=O) groups is 1. The minimum atomic E-state index is -0.271. The molecule has 1 aromatic rings. The number of methoxy groups -OCH3 is 1. The highest BCUT2D eigenvalue weighted by Gasteiger charge is 2.10. The lowest BCUT2D eigenvalue weighted by atomic mass is 10.0. The van der Waals surface area contributed by atoms with Gasteiger partial charge in [-0.05, 0) is 44.0 Å². The van der Waals surface area contributed by atoms with Gasteiger partial charge >= 0.3 is 5.97 Å². The summed E-state index contributed by atoms with van der Waals surface area (Å²) in [4.78, 5) is 11.6. The lowest BCUT2D eigenvalue weighted by molar-refractivity contribution is -0.138. The van der Waals surface area contributed by atoms with Crippen LogP contribution in [0.3, 0.4) is 0 Å². The van der Waals surface area contributed by atoms with Crippen molar-refractivity contribution in [2.45, 2.75) is 20.8 Å². The van der Waals surface area contributed by atoms with Gasteiger partial charge < -0.3 is 9.47 Å². The van der Waals surface area contributed by atoms with Crippen LogP contribution in [-0.2, 0) is 9.53 Å². The second kappa shape index (κ2) is 6.09. The third-order valence-corrected chi connectivity index (χ3v) is 2.65. The van der Waals surface area contributed by atoms with Gasteiger partial charge in [0.15, 0.2) is 0 Å². The third-order valence-electron chi connectivity index (χ3n) is 2.65. The fourth-order valence-corrected chi connectivity index (χ4v) is 1.47. The maximum absolute atomic E-state index is 11.6. The molecule has 0 saturated heterocycles. The molecule has 0 saturated carbocycles. The molecule has 17 heavy (non-hydrogen) atoms. The second-order valence-corrected chi connectivity index (χ2v) is 3.70. The van der Waals surface area contributed by atoms with Crippen molar-refractivity contribution in [2.24, 2.45) is 0 Å². The van der Waals surface area contributed by atoms with Crippen molar-refractivity contribution < 1.29 is 14.3 Å². The van der Waals surface area contributed by atoms with E-state index in [4.69, 9.17) is 9.47 Å². The van der Waals surface area contributed by atoms with Crippen molar-refractivity contribution in [3.8, 4) is 5.75 Å². The molecule has 0 aliphatic heterocycles. The highest BCUT2D eigenvalue weighted by Crippen LogP contribution is 2.22. The van der Waals surface area contributed by atoms with Crippen LogP contribution >= 0.6 is 0 Å². The normalized spacial score (nSPS) is 11.8. The fraction of sp³-hybridized carbons (Fsp3) is 0.357. The molecule has 0 radical (unpaired) electrons. The Labute approximate surface area is 102 Å². The van der Waals surface area contributed by atoms with E-state index in [1.165, 1.54) is 0 Å². The monoisotopic (exact) mass is 234 g/mol. The van der Waals surface area contributed by atoms with E-state index < -0.39 is 0 Å². The van der Waals surface area contributed by atoms with Crippen LogP contribution in [0.5, 0.6) is 5.75 Å². The first kappa shape index (κ1) is 13.3. The van der Waals surface area contributed by atoms with Crippen molar-refractivity contribution in [2.75, 3.05) is 13.7 Å². The summed E-state index contributed by atoms with van der Waals surface area (Å²) in [7, 11) is 1.62. The molecule has 0 aromatic heterocycles. The molecule has 0 atom stereocenters. The molecule has 0 aliphatic rings. The lowest BCUT2D eigenvalue weighted by Gasteiger charge is -2.09. The van der Waals surface area contributed by atoms with E-state index in [1.807, 2.05) is 31.2 Å². The van der Waals surface area contributed by atoms with Crippen molar-refractivity contribution in [3.05, 3.63) is 35.4 Å². The highest BCUT2D eigenvalue weighted by atomic mass is 16.5. The molecule has 3 heteroatoms. The summed E-state index contributed by atoms with van der Waals surface area (Å²) in [6.45, 7) is 5.86. The Morgan fingerprint density at radius 2 is 2.00 bits per heavy atom. The van der Waals surface area contributed by atoms with Crippen molar-refractivity contribution in [1.82, 2.24) is 0 Å². The maximum Gasteiger partial charge on any atom is 0.333 e. The Hall–Kier alpha value is -1.77. The van der Waals surface area contributed by atoms with Gasteiger partial charge in [0.2, 0.25) is 0 Å². The summed E-state index contributed by atoms with van der Waals surface area (Å²) in [6.07, 6.45) is 0. The lowest BCUT2D eigenvalue weighted by Crippen LogP contribution is -2.06. The molecule has 0 heterocycles. The topological polar surface area (TPSA) is 35.5 Å². The average molecular weight is 234 g/mol. The van der Waals surface area contributed by atoms with Crippen LogP contribution < -0.4 is 4.74 Å². The van der Waals surface area contributed by atoms with E-state index in [2.05, 4.69) is 0 Å².